The number of anilines is 2. The quantitative estimate of drug-likeness (QED) is 0.810. The number of rotatable bonds is 3. The van der Waals surface area contributed by atoms with Crippen LogP contribution in [0.1, 0.15) is 51.9 Å². The smallest absolute Gasteiger partial charge is 0.272 e. The second-order valence-corrected chi connectivity index (χ2v) is 5.97. The Balaban J connectivity index is 1.83. The number of ketones is 1. The van der Waals surface area contributed by atoms with Gasteiger partial charge in [-0.15, -0.1) is 0 Å². The summed E-state index contributed by atoms with van der Waals surface area (Å²) in [6.45, 7) is 3.22. The SMILES string of the molecule is CC(=O)Nc1cccc(NC(=O)c2[nH]c3c(c2C)C(=O)CCC3)c1. The van der Waals surface area contributed by atoms with Crippen LogP contribution in [-0.2, 0) is 11.2 Å². The maximum absolute atomic E-state index is 12.6. The van der Waals surface area contributed by atoms with Crippen LogP contribution in [0.15, 0.2) is 24.3 Å². The van der Waals surface area contributed by atoms with Gasteiger partial charge in [0.2, 0.25) is 5.91 Å². The minimum Gasteiger partial charge on any atom is -0.354 e. The summed E-state index contributed by atoms with van der Waals surface area (Å²) in [5.74, 6) is -0.378. The van der Waals surface area contributed by atoms with E-state index in [1.54, 1.807) is 31.2 Å². The number of aromatic amines is 1. The number of hydrogen-bond acceptors (Lipinski definition) is 3. The van der Waals surface area contributed by atoms with Crippen LogP contribution in [0, 0.1) is 6.92 Å². The van der Waals surface area contributed by atoms with E-state index in [0.29, 0.717) is 34.6 Å². The zero-order valence-corrected chi connectivity index (χ0v) is 13.7. The molecular weight excluding hydrogens is 306 g/mol. The number of benzene rings is 1. The summed E-state index contributed by atoms with van der Waals surface area (Å²) in [4.78, 5) is 38.8. The van der Waals surface area contributed by atoms with E-state index in [9.17, 15) is 14.4 Å². The van der Waals surface area contributed by atoms with E-state index in [4.69, 9.17) is 0 Å². The summed E-state index contributed by atoms with van der Waals surface area (Å²) < 4.78 is 0. The van der Waals surface area contributed by atoms with Crippen LogP contribution < -0.4 is 10.6 Å². The molecule has 0 saturated carbocycles. The molecule has 0 spiro atoms. The molecule has 1 aromatic carbocycles. The minimum absolute atomic E-state index is 0.0942. The van der Waals surface area contributed by atoms with Crippen LogP contribution in [-0.4, -0.2) is 22.6 Å². The lowest BCUT2D eigenvalue weighted by atomic mass is 9.94. The molecule has 6 heteroatoms. The van der Waals surface area contributed by atoms with Gasteiger partial charge in [-0.1, -0.05) is 6.07 Å². The van der Waals surface area contributed by atoms with Gasteiger partial charge in [0.1, 0.15) is 5.69 Å². The monoisotopic (exact) mass is 325 g/mol. The van der Waals surface area contributed by atoms with Crippen molar-refractivity contribution in [2.75, 3.05) is 10.6 Å². The van der Waals surface area contributed by atoms with Gasteiger partial charge in [0, 0.05) is 36.0 Å². The Hall–Kier alpha value is -2.89. The van der Waals surface area contributed by atoms with Crippen LogP contribution in [0.2, 0.25) is 0 Å². The fraction of sp³-hybridized carbons (Fsp3) is 0.278. The van der Waals surface area contributed by atoms with Gasteiger partial charge in [0.25, 0.3) is 5.91 Å². The molecule has 124 valence electrons. The lowest BCUT2D eigenvalue weighted by Crippen LogP contribution is -2.14. The molecule has 2 aromatic rings. The molecule has 0 unspecified atom stereocenters. The van der Waals surface area contributed by atoms with Gasteiger partial charge in [-0.05, 0) is 43.5 Å². The molecule has 0 atom stereocenters. The van der Waals surface area contributed by atoms with Crippen LogP contribution in [0.25, 0.3) is 0 Å². The first-order chi connectivity index (χ1) is 11.5. The highest BCUT2D eigenvalue weighted by molar-refractivity contribution is 6.08. The summed E-state index contributed by atoms with van der Waals surface area (Å²) in [5, 5.41) is 5.48. The second kappa shape index (κ2) is 6.31. The molecule has 6 nitrogen and oxygen atoms in total. The van der Waals surface area contributed by atoms with E-state index in [0.717, 1.165) is 18.5 Å². The van der Waals surface area contributed by atoms with Crippen LogP contribution in [0.5, 0.6) is 0 Å². The summed E-state index contributed by atoms with van der Waals surface area (Å²) in [6, 6.07) is 6.92. The number of H-pyrrole nitrogens is 1. The lowest BCUT2D eigenvalue weighted by molar-refractivity contribution is -0.114. The van der Waals surface area contributed by atoms with E-state index in [1.165, 1.54) is 6.92 Å². The van der Waals surface area contributed by atoms with Crippen molar-refractivity contribution in [1.82, 2.24) is 4.98 Å². The first kappa shape index (κ1) is 16.0. The Bertz CT molecular complexity index is 836. The molecule has 0 saturated heterocycles. The normalized spacial score (nSPS) is 13.3. The maximum atomic E-state index is 12.6. The van der Waals surface area contributed by atoms with E-state index in [2.05, 4.69) is 15.6 Å². The molecular formula is C18H19N3O3. The number of aromatic nitrogens is 1. The number of Topliss-reactive ketones (excluding diaryl/α,β-unsaturated/α-hetero) is 1. The number of hydrogen-bond donors (Lipinski definition) is 3. The zero-order chi connectivity index (χ0) is 17.3. The van der Waals surface area contributed by atoms with E-state index in [1.807, 2.05) is 0 Å². The average Bonchev–Trinajstić information content (AvgIpc) is 2.85. The molecule has 2 amide bonds. The van der Waals surface area contributed by atoms with E-state index in [-0.39, 0.29) is 17.6 Å². The predicted molar refractivity (Wildman–Crippen MR) is 91.5 cm³/mol. The highest BCUT2D eigenvalue weighted by Gasteiger charge is 2.26. The van der Waals surface area contributed by atoms with Crippen molar-refractivity contribution in [3.8, 4) is 0 Å². The molecule has 1 aliphatic rings. The topological polar surface area (TPSA) is 91.1 Å². The van der Waals surface area contributed by atoms with Gasteiger partial charge in [-0.2, -0.15) is 0 Å². The van der Waals surface area contributed by atoms with E-state index >= 15 is 0 Å². The molecule has 1 aromatic heterocycles. The molecule has 0 bridgehead atoms. The number of nitrogens with one attached hydrogen (secondary N) is 3. The largest absolute Gasteiger partial charge is 0.354 e. The van der Waals surface area contributed by atoms with Gasteiger partial charge in [0.15, 0.2) is 5.78 Å². The number of carbonyl (C=O) groups excluding carboxylic acids is 3. The fourth-order valence-corrected chi connectivity index (χ4v) is 3.07. The summed E-state index contributed by atoms with van der Waals surface area (Å²) in [7, 11) is 0. The van der Waals surface area contributed by atoms with Crippen molar-refractivity contribution in [2.45, 2.75) is 33.1 Å². The molecule has 3 rings (SSSR count). The van der Waals surface area contributed by atoms with Crippen LogP contribution in [0.4, 0.5) is 11.4 Å². The second-order valence-electron chi connectivity index (χ2n) is 5.97. The number of fused-ring (bicyclic) bond motifs is 1. The molecule has 1 heterocycles. The Morgan fingerprint density at radius 2 is 1.83 bits per heavy atom. The first-order valence-corrected chi connectivity index (χ1v) is 7.89. The molecule has 24 heavy (non-hydrogen) atoms. The Labute approximate surface area is 139 Å². The van der Waals surface area contributed by atoms with Crippen molar-refractivity contribution in [3.05, 3.63) is 46.8 Å². The summed E-state index contributed by atoms with van der Waals surface area (Å²) in [6.07, 6.45) is 2.13. The Kier molecular flexibility index (Phi) is 4.20. The van der Waals surface area contributed by atoms with Crippen molar-refractivity contribution < 1.29 is 14.4 Å². The summed E-state index contributed by atoms with van der Waals surface area (Å²) >= 11 is 0. The lowest BCUT2D eigenvalue weighted by Gasteiger charge is -2.09. The van der Waals surface area contributed by atoms with E-state index < -0.39 is 0 Å². The highest BCUT2D eigenvalue weighted by atomic mass is 16.2. The maximum Gasteiger partial charge on any atom is 0.272 e. The zero-order valence-electron chi connectivity index (χ0n) is 13.7. The van der Waals surface area contributed by atoms with Gasteiger partial charge in [-0.3, -0.25) is 14.4 Å². The van der Waals surface area contributed by atoms with Gasteiger partial charge in [-0.25, -0.2) is 0 Å². The van der Waals surface area contributed by atoms with Gasteiger partial charge in [0.05, 0.1) is 0 Å². The van der Waals surface area contributed by atoms with Gasteiger partial charge < -0.3 is 15.6 Å². The molecule has 0 radical (unpaired) electrons. The van der Waals surface area contributed by atoms with Crippen molar-refractivity contribution in [1.29, 1.82) is 0 Å². The third-order valence-corrected chi connectivity index (χ3v) is 4.10. The van der Waals surface area contributed by atoms with Crippen molar-refractivity contribution >= 4 is 29.0 Å². The Morgan fingerprint density at radius 3 is 2.50 bits per heavy atom. The van der Waals surface area contributed by atoms with Crippen LogP contribution in [0.3, 0.4) is 0 Å². The number of aryl methyl sites for hydroxylation is 1. The summed E-state index contributed by atoms with van der Waals surface area (Å²) in [5.41, 5.74) is 3.81. The third-order valence-electron chi connectivity index (χ3n) is 4.10. The minimum atomic E-state index is -0.297. The molecule has 3 N–H and O–H groups in total. The molecule has 0 aliphatic heterocycles. The number of amides is 2. The highest BCUT2D eigenvalue weighted by Crippen LogP contribution is 2.27. The standard InChI is InChI=1S/C18H19N3O3/c1-10-16-14(7-4-8-15(16)23)21-17(10)18(24)20-13-6-3-5-12(9-13)19-11(2)22/h3,5-6,9,21H,4,7-8H2,1-2H3,(H,19,22)(H,20,24). The van der Waals surface area contributed by atoms with Crippen molar-refractivity contribution in [2.24, 2.45) is 0 Å². The number of carbonyl (C=O) groups is 3. The Morgan fingerprint density at radius 1 is 1.12 bits per heavy atom. The van der Waals surface area contributed by atoms with Crippen LogP contribution >= 0.6 is 0 Å². The predicted octanol–water partition coefficient (Wildman–Crippen LogP) is 3.05. The molecule has 0 fully saturated rings. The van der Waals surface area contributed by atoms with Crippen molar-refractivity contribution in [3.63, 3.8) is 0 Å². The fourth-order valence-electron chi connectivity index (χ4n) is 3.07. The molecule has 1 aliphatic carbocycles. The third kappa shape index (κ3) is 3.08. The first-order valence-electron chi connectivity index (χ1n) is 7.89. The van der Waals surface area contributed by atoms with Gasteiger partial charge >= 0.3 is 0 Å². The average molecular weight is 325 g/mol.